The van der Waals surface area contributed by atoms with E-state index in [1.807, 2.05) is 6.07 Å². The number of anilines is 1. The molecule has 0 aliphatic rings. The molecule has 2 aromatic heterocycles. The lowest BCUT2D eigenvalue weighted by Gasteiger charge is -2.02. The molecule has 0 aliphatic carbocycles. The van der Waals surface area contributed by atoms with E-state index in [0.29, 0.717) is 6.54 Å². The summed E-state index contributed by atoms with van der Waals surface area (Å²) in [5, 5.41) is 8.51. The Morgan fingerprint density at radius 3 is 2.94 bits per heavy atom. The first-order chi connectivity index (χ1) is 7.75. The molecule has 3 N–H and O–H groups in total. The molecule has 0 aliphatic heterocycles. The molecule has 82 valence electrons. The Balaban J connectivity index is 2.11. The first-order valence-electron chi connectivity index (χ1n) is 4.57. The Hall–Kier alpha value is -2.44. The van der Waals surface area contributed by atoms with E-state index in [1.165, 1.54) is 0 Å². The van der Waals surface area contributed by atoms with Gasteiger partial charge in [0.15, 0.2) is 0 Å². The number of aromatic nitrogens is 4. The van der Waals surface area contributed by atoms with Gasteiger partial charge in [-0.15, -0.1) is 5.10 Å². The lowest BCUT2D eigenvalue weighted by atomic mass is 10.3. The fourth-order valence-corrected chi connectivity index (χ4v) is 1.16. The Labute approximate surface area is 89.6 Å². The van der Waals surface area contributed by atoms with Crippen LogP contribution in [0.2, 0.25) is 0 Å². The summed E-state index contributed by atoms with van der Waals surface area (Å²) in [6, 6.07) is 3.65. The lowest BCUT2D eigenvalue weighted by Crippen LogP contribution is -2.26. The van der Waals surface area contributed by atoms with Gasteiger partial charge in [-0.2, -0.15) is 0 Å². The van der Waals surface area contributed by atoms with Crippen LogP contribution in [0.25, 0.3) is 0 Å². The number of H-pyrrole nitrogens is 2. The molecule has 0 saturated heterocycles. The summed E-state index contributed by atoms with van der Waals surface area (Å²) >= 11 is 0. The minimum absolute atomic E-state index is 0.0726. The Morgan fingerprint density at radius 1 is 1.38 bits per heavy atom. The first kappa shape index (κ1) is 10.1. The minimum atomic E-state index is -0.628. The third-order valence-electron chi connectivity index (χ3n) is 1.89. The second-order valence-corrected chi connectivity index (χ2v) is 3.07. The number of hydrogen-bond donors (Lipinski definition) is 3. The lowest BCUT2D eigenvalue weighted by molar-refractivity contribution is 0.882. The average molecular weight is 219 g/mol. The molecule has 0 amide bonds. The van der Waals surface area contributed by atoms with Gasteiger partial charge in [-0.05, 0) is 11.6 Å². The van der Waals surface area contributed by atoms with Crippen molar-refractivity contribution in [1.82, 2.24) is 20.2 Å². The molecule has 0 unspecified atom stereocenters. The van der Waals surface area contributed by atoms with Crippen LogP contribution in [-0.2, 0) is 6.54 Å². The highest BCUT2D eigenvalue weighted by Gasteiger charge is 2.00. The molecule has 0 saturated carbocycles. The molecular weight excluding hydrogens is 210 g/mol. The molecule has 2 aromatic rings. The van der Waals surface area contributed by atoms with E-state index in [9.17, 15) is 9.59 Å². The van der Waals surface area contributed by atoms with Crippen LogP contribution in [0, 0.1) is 0 Å². The quantitative estimate of drug-likeness (QED) is 0.643. The van der Waals surface area contributed by atoms with Gasteiger partial charge in [-0.3, -0.25) is 14.8 Å². The van der Waals surface area contributed by atoms with Gasteiger partial charge in [0.05, 0.1) is 0 Å². The summed E-state index contributed by atoms with van der Waals surface area (Å²) < 4.78 is 0. The molecule has 2 rings (SSSR count). The molecule has 0 fully saturated rings. The van der Waals surface area contributed by atoms with E-state index >= 15 is 0 Å². The minimum Gasteiger partial charge on any atom is -0.360 e. The first-order valence-corrected chi connectivity index (χ1v) is 4.57. The molecular formula is C9H9N5O2. The van der Waals surface area contributed by atoms with Crippen LogP contribution in [0.4, 0.5) is 5.82 Å². The summed E-state index contributed by atoms with van der Waals surface area (Å²) in [5.74, 6) is 0.0726. The summed E-state index contributed by atoms with van der Waals surface area (Å²) in [6.07, 6.45) is 3.33. The van der Waals surface area contributed by atoms with Gasteiger partial charge >= 0.3 is 5.69 Å². The van der Waals surface area contributed by atoms with Gasteiger partial charge in [-0.1, -0.05) is 6.07 Å². The van der Waals surface area contributed by atoms with Crippen LogP contribution < -0.4 is 16.6 Å². The van der Waals surface area contributed by atoms with E-state index in [4.69, 9.17) is 0 Å². The fourth-order valence-electron chi connectivity index (χ4n) is 1.16. The Kier molecular flexibility index (Phi) is 2.77. The topological polar surface area (TPSA) is 104 Å². The third-order valence-corrected chi connectivity index (χ3v) is 1.89. The molecule has 7 heteroatoms. The molecule has 0 aromatic carbocycles. The largest absolute Gasteiger partial charge is 0.360 e. The van der Waals surface area contributed by atoms with E-state index in [0.717, 1.165) is 5.56 Å². The average Bonchev–Trinajstić information content (AvgIpc) is 2.29. The van der Waals surface area contributed by atoms with Crippen molar-refractivity contribution in [1.29, 1.82) is 0 Å². The van der Waals surface area contributed by atoms with Gasteiger partial charge in [0.1, 0.15) is 0 Å². The monoisotopic (exact) mass is 219 g/mol. The normalized spacial score (nSPS) is 10.0. The van der Waals surface area contributed by atoms with Crippen LogP contribution in [0.1, 0.15) is 5.56 Å². The summed E-state index contributed by atoms with van der Waals surface area (Å²) in [6.45, 7) is 0.413. The zero-order valence-electron chi connectivity index (χ0n) is 8.23. The number of aromatic amines is 2. The molecule has 7 nitrogen and oxygen atoms in total. The van der Waals surface area contributed by atoms with Crippen LogP contribution in [-0.4, -0.2) is 20.2 Å². The molecule has 0 atom stereocenters. The number of pyridine rings is 1. The van der Waals surface area contributed by atoms with Crippen molar-refractivity contribution in [2.24, 2.45) is 0 Å². The van der Waals surface area contributed by atoms with Gasteiger partial charge in [0, 0.05) is 18.9 Å². The van der Waals surface area contributed by atoms with Gasteiger partial charge < -0.3 is 5.32 Å². The number of nitrogens with one attached hydrogen (secondary N) is 3. The Morgan fingerprint density at radius 2 is 2.25 bits per heavy atom. The number of nitrogens with zero attached hydrogens (tertiary/aromatic N) is 2. The van der Waals surface area contributed by atoms with Crippen molar-refractivity contribution in [3.05, 3.63) is 50.9 Å². The van der Waals surface area contributed by atoms with Crippen LogP contribution in [0.3, 0.4) is 0 Å². The predicted octanol–water partition coefficient (Wildman–Crippen LogP) is -0.535. The maximum Gasteiger partial charge on any atom is 0.342 e. The molecule has 2 heterocycles. The van der Waals surface area contributed by atoms with E-state index in [-0.39, 0.29) is 5.82 Å². The molecule has 0 spiro atoms. The van der Waals surface area contributed by atoms with Crippen molar-refractivity contribution >= 4 is 5.82 Å². The van der Waals surface area contributed by atoms with Crippen LogP contribution in [0.5, 0.6) is 0 Å². The highest BCUT2D eigenvalue weighted by atomic mass is 16.2. The van der Waals surface area contributed by atoms with E-state index in [2.05, 4.69) is 25.5 Å². The zero-order chi connectivity index (χ0) is 11.4. The van der Waals surface area contributed by atoms with Crippen LogP contribution in [0.15, 0.2) is 34.1 Å². The summed E-state index contributed by atoms with van der Waals surface area (Å²) in [7, 11) is 0. The molecule has 0 bridgehead atoms. The summed E-state index contributed by atoms with van der Waals surface area (Å²) in [5.41, 5.74) is -0.264. The van der Waals surface area contributed by atoms with E-state index < -0.39 is 11.2 Å². The zero-order valence-corrected chi connectivity index (χ0v) is 8.23. The smallest absolute Gasteiger partial charge is 0.342 e. The van der Waals surface area contributed by atoms with Crippen molar-refractivity contribution in [2.75, 3.05) is 5.32 Å². The second kappa shape index (κ2) is 4.39. The number of hydrogen-bond acceptors (Lipinski definition) is 5. The van der Waals surface area contributed by atoms with Crippen molar-refractivity contribution in [2.45, 2.75) is 6.54 Å². The fraction of sp³-hybridized carbons (Fsp3) is 0.111. The SMILES string of the molecule is O=c1[nH]nc(NCc2cccnc2)c(=O)[nH]1. The molecule has 0 radical (unpaired) electrons. The van der Waals surface area contributed by atoms with Crippen molar-refractivity contribution in [3.8, 4) is 0 Å². The van der Waals surface area contributed by atoms with Crippen molar-refractivity contribution < 1.29 is 0 Å². The van der Waals surface area contributed by atoms with Crippen LogP contribution >= 0.6 is 0 Å². The maximum absolute atomic E-state index is 11.2. The van der Waals surface area contributed by atoms with Gasteiger partial charge in [-0.25, -0.2) is 9.89 Å². The van der Waals surface area contributed by atoms with Gasteiger partial charge in [0.2, 0.25) is 5.82 Å². The highest BCUT2D eigenvalue weighted by Crippen LogP contribution is 1.98. The van der Waals surface area contributed by atoms with E-state index in [1.54, 1.807) is 18.5 Å². The Bertz CT molecular complexity index is 574. The highest BCUT2D eigenvalue weighted by molar-refractivity contribution is 5.30. The molecule has 16 heavy (non-hydrogen) atoms. The van der Waals surface area contributed by atoms with Gasteiger partial charge in [0.25, 0.3) is 5.56 Å². The second-order valence-electron chi connectivity index (χ2n) is 3.07. The number of rotatable bonds is 3. The standard InChI is InChI=1S/C9H9N5O2/c15-8-7(13-14-9(16)12-8)11-5-6-2-1-3-10-4-6/h1-4H,5H2,(H,11,13)(H2,12,14,15,16). The summed E-state index contributed by atoms with van der Waals surface area (Å²) in [4.78, 5) is 27.9. The van der Waals surface area contributed by atoms with Crippen molar-refractivity contribution in [3.63, 3.8) is 0 Å². The third kappa shape index (κ3) is 2.32. The predicted molar refractivity (Wildman–Crippen MR) is 57.0 cm³/mol. The maximum atomic E-state index is 11.2.